The molecular weight excluding hydrogens is 505 g/mol. The average Bonchev–Trinajstić information content (AvgIpc) is 2.82. The first-order valence-corrected chi connectivity index (χ1v) is 11.9. The number of piperidine rings is 1. The number of nitrogens with zero attached hydrogens (tertiary/aromatic N) is 4. The summed E-state index contributed by atoms with van der Waals surface area (Å²) in [6, 6.07) is 5.51. The van der Waals surface area contributed by atoms with Crippen LogP contribution in [0.25, 0.3) is 5.70 Å². The van der Waals surface area contributed by atoms with E-state index in [0.29, 0.717) is 32.3 Å². The van der Waals surface area contributed by atoms with Crippen molar-refractivity contribution in [3.05, 3.63) is 40.2 Å². The zero-order valence-corrected chi connectivity index (χ0v) is 22.3. The first-order valence-electron chi connectivity index (χ1n) is 11.6. The summed E-state index contributed by atoms with van der Waals surface area (Å²) in [5.41, 5.74) is -0.326. The quantitative estimate of drug-likeness (QED) is 0.255. The molecule has 1 saturated heterocycles. The Kier molecular flexibility index (Phi) is 10.4. The third kappa shape index (κ3) is 8.75. The second kappa shape index (κ2) is 13.1. The van der Waals surface area contributed by atoms with Gasteiger partial charge in [-0.3, -0.25) is 14.5 Å². The number of halogens is 2. The lowest BCUT2D eigenvalue weighted by Gasteiger charge is -2.37. The van der Waals surface area contributed by atoms with Crippen LogP contribution in [0, 0.1) is 17.1 Å². The maximum Gasteiger partial charge on any atom is 0.407 e. The molecule has 1 aromatic rings. The molecule has 1 aromatic carbocycles. The maximum atomic E-state index is 14.3. The van der Waals surface area contributed by atoms with Gasteiger partial charge in [0, 0.05) is 29.7 Å². The monoisotopic (exact) mass is 535 g/mol. The van der Waals surface area contributed by atoms with E-state index in [9.17, 15) is 18.8 Å². The Hall–Kier alpha value is -3.65. The van der Waals surface area contributed by atoms with Crippen LogP contribution in [0.4, 0.5) is 9.18 Å². The van der Waals surface area contributed by atoms with Crippen molar-refractivity contribution in [3.8, 4) is 6.07 Å². The van der Waals surface area contributed by atoms with Gasteiger partial charge in [-0.05, 0) is 52.7 Å². The van der Waals surface area contributed by atoms with Crippen molar-refractivity contribution in [2.24, 2.45) is 4.99 Å². The van der Waals surface area contributed by atoms with Crippen LogP contribution >= 0.6 is 11.6 Å². The fourth-order valence-corrected chi connectivity index (χ4v) is 3.72. The number of rotatable bonds is 6. The molecule has 0 aromatic heterocycles. The van der Waals surface area contributed by atoms with E-state index in [1.54, 1.807) is 38.7 Å². The smallest absolute Gasteiger partial charge is 0.407 e. The van der Waals surface area contributed by atoms with E-state index in [-0.39, 0.29) is 33.9 Å². The molecule has 37 heavy (non-hydrogen) atoms. The van der Waals surface area contributed by atoms with Crippen LogP contribution in [0.5, 0.6) is 0 Å². The molecule has 0 saturated carbocycles. The van der Waals surface area contributed by atoms with Crippen LogP contribution in [0.2, 0.25) is 0 Å². The lowest BCUT2D eigenvalue weighted by Crippen LogP contribution is -2.52. The van der Waals surface area contributed by atoms with Crippen LogP contribution < -0.4 is 5.32 Å². The van der Waals surface area contributed by atoms with E-state index in [1.807, 2.05) is 0 Å². The normalized spacial score (nSPS) is 15.3. The number of alkyl carbamates (subject to hydrolysis) is 1. The van der Waals surface area contributed by atoms with Crippen LogP contribution in [0.1, 0.15) is 51.7 Å². The fraction of sp³-hybridized carbons (Fsp3) is 0.480. The minimum atomic E-state index is -0.747. The van der Waals surface area contributed by atoms with Gasteiger partial charge in [0.1, 0.15) is 24.0 Å². The Labute approximate surface area is 220 Å². The highest BCUT2D eigenvalue weighted by Gasteiger charge is 2.29. The highest BCUT2D eigenvalue weighted by Crippen LogP contribution is 2.26. The third-order valence-electron chi connectivity index (χ3n) is 5.31. The fourth-order valence-electron chi connectivity index (χ4n) is 3.57. The molecule has 1 heterocycles. The number of amides is 2. The third-order valence-corrected chi connectivity index (χ3v) is 5.49. The number of methoxy groups -OCH3 is 1. The van der Waals surface area contributed by atoms with Gasteiger partial charge in [-0.2, -0.15) is 5.26 Å². The highest BCUT2D eigenvalue weighted by molar-refractivity contribution is 6.32. The van der Waals surface area contributed by atoms with E-state index < -0.39 is 30.0 Å². The number of esters is 1. The summed E-state index contributed by atoms with van der Waals surface area (Å²) in [4.78, 5) is 43.6. The number of ether oxygens (including phenoxy) is 2. The van der Waals surface area contributed by atoms with Crippen LogP contribution in [0.15, 0.2) is 28.2 Å². The first kappa shape index (κ1) is 29.6. The van der Waals surface area contributed by atoms with Crippen molar-refractivity contribution in [1.29, 1.82) is 5.26 Å². The molecular formula is C25H31ClFN5O5. The number of nitrogens with one attached hydrogen (secondary N) is 1. The van der Waals surface area contributed by atoms with Gasteiger partial charge < -0.3 is 19.7 Å². The molecule has 12 heteroatoms. The standard InChI is InChI=1S/C25H31ClFN5O5/c1-16(26)22(17-6-7-18(13-28)20(27)12-17)30-23(32(15-33)14-21(34)36-5)31-10-8-19(9-11-31)29-24(35)37-25(2,3)4/h6-7,12,15,19H,8-11,14H2,1-5H3,(H,29,35)/b22-16+,30-23-. The van der Waals surface area contributed by atoms with Crippen molar-refractivity contribution >= 4 is 41.7 Å². The van der Waals surface area contributed by atoms with Gasteiger partial charge in [-0.25, -0.2) is 14.2 Å². The molecule has 10 nitrogen and oxygen atoms in total. The van der Waals surface area contributed by atoms with E-state index in [1.165, 1.54) is 19.2 Å². The second-order valence-corrected chi connectivity index (χ2v) is 9.88. The van der Waals surface area contributed by atoms with Gasteiger partial charge in [0.2, 0.25) is 12.4 Å². The Bertz CT molecular complexity index is 1110. The van der Waals surface area contributed by atoms with Gasteiger partial charge in [0.25, 0.3) is 0 Å². The molecule has 0 unspecified atom stereocenters. The van der Waals surface area contributed by atoms with Gasteiger partial charge in [-0.1, -0.05) is 17.7 Å². The van der Waals surface area contributed by atoms with Gasteiger partial charge in [0.15, 0.2) is 0 Å². The van der Waals surface area contributed by atoms with Crippen molar-refractivity contribution in [3.63, 3.8) is 0 Å². The predicted octanol–water partition coefficient (Wildman–Crippen LogP) is 3.60. The molecule has 0 atom stereocenters. The van der Waals surface area contributed by atoms with Crippen LogP contribution in [-0.2, 0) is 19.1 Å². The summed E-state index contributed by atoms with van der Waals surface area (Å²) in [6.45, 7) is 7.22. The minimum absolute atomic E-state index is 0.107. The number of likely N-dealkylation sites (tertiary alicyclic amines) is 1. The molecule has 1 aliphatic heterocycles. The summed E-state index contributed by atoms with van der Waals surface area (Å²) >= 11 is 6.31. The Balaban J connectivity index is 2.38. The van der Waals surface area contributed by atoms with E-state index >= 15 is 0 Å². The second-order valence-electron chi connectivity index (χ2n) is 9.32. The Morgan fingerprint density at radius 3 is 2.49 bits per heavy atom. The van der Waals surface area contributed by atoms with Gasteiger partial charge in [0.05, 0.1) is 18.4 Å². The van der Waals surface area contributed by atoms with Crippen molar-refractivity contribution < 1.29 is 28.2 Å². The number of guanidine groups is 1. The SMILES string of the molecule is COC(=O)CN(C=O)/C(=N\C(=C(/C)Cl)c1ccc(C#N)c(F)c1)N1CCC(NC(=O)OC(C)(C)C)CC1. The highest BCUT2D eigenvalue weighted by atomic mass is 35.5. The first-order chi connectivity index (χ1) is 17.4. The summed E-state index contributed by atoms with van der Waals surface area (Å²) < 4.78 is 24.4. The molecule has 2 rings (SSSR count). The molecule has 1 aliphatic rings. The van der Waals surface area contributed by atoms with Crippen molar-refractivity contribution in [2.75, 3.05) is 26.7 Å². The summed E-state index contributed by atoms with van der Waals surface area (Å²) in [7, 11) is 1.20. The summed E-state index contributed by atoms with van der Waals surface area (Å²) in [6.07, 6.45) is 0.938. The zero-order chi connectivity index (χ0) is 27.8. The molecule has 0 aliphatic carbocycles. The molecule has 1 N–H and O–H groups in total. The number of hydrogen-bond donors (Lipinski definition) is 1. The topological polar surface area (TPSA) is 124 Å². The average molecular weight is 536 g/mol. The molecule has 0 bridgehead atoms. The number of carbonyl (C=O) groups excluding carboxylic acids is 3. The van der Waals surface area contributed by atoms with E-state index in [2.05, 4.69) is 10.3 Å². The number of nitriles is 1. The molecule has 1 fully saturated rings. The van der Waals surface area contributed by atoms with Gasteiger partial charge in [-0.15, -0.1) is 0 Å². The van der Waals surface area contributed by atoms with Gasteiger partial charge >= 0.3 is 12.1 Å². The lowest BCUT2D eigenvalue weighted by molar-refractivity contribution is -0.142. The number of benzene rings is 1. The van der Waals surface area contributed by atoms with E-state index in [0.717, 1.165) is 11.0 Å². The van der Waals surface area contributed by atoms with Crippen LogP contribution in [0.3, 0.4) is 0 Å². The van der Waals surface area contributed by atoms with E-state index in [4.69, 9.17) is 26.3 Å². The Morgan fingerprint density at radius 2 is 2.00 bits per heavy atom. The number of allylic oxidation sites excluding steroid dienone is 1. The molecule has 0 spiro atoms. The molecule has 2 amide bonds. The van der Waals surface area contributed by atoms with Crippen molar-refractivity contribution in [2.45, 2.75) is 52.2 Å². The van der Waals surface area contributed by atoms with Crippen LogP contribution in [-0.4, -0.2) is 72.6 Å². The number of aliphatic imine (C=N–C) groups is 1. The molecule has 200 valence electrons. The summed E-state index contributed by atoms with van der Waals surface area (Å²) in [5, 5.41) is 12.1. The Morgan fingerprint density at radius 1 is 1.35 bits per heavy atom. The number of carbonyl (C=O) groups is 3. The predicted molar refractivity (Wildman–Crippen MR) is 136 cm³/mol. The zero-order valence-electron chi connectivity index (χ0n) is 21.5. The largest absolute Gasteiger partial charge is 0.468 e. The lowest BCUT2D eigenvalue weighted by atomic mass is 10.1. The molecule has 0 radical (unpaired) electrons. The van der Waals surface area contributed by atoms with Crippen molar-refractivity contribution in [1.82, 2.24) is 15.1 Å². The maximum absolute atomic E-state index is 14.3. The minimum Gasteiger partial charge on any atom is -0.468 e. The summed E-state index contributed by atoms with van der Waals surface area (Å²) in [5.74, 6) is -1.31. The number of hydrogen-bond acceptors (Lipinski definition) is 7.